The van der Waals surface area contributed by atoms with Crippen molar-refractivity contribution in [3.63, 3.8) is 0 Å². The molecule has 5 heteroatoms. The first kappa shape index (κ1) is 15.3. The van der Waals surface area contributed by atoms with E-state index >= 15 is 0 Å². The van der Waals surface area contributed by atoms with E-state index in [0.717, 1.165) is 24.2 Å². The monoisotopic (exact) mass is 307 g/mol. The Hall–Kier alpha value is -2.61. The van der Waals surface area contributed by atoms with Crippen LogP contribution in [-0.2, 0) is 13.0 Å². The SMILES string of the molecule is Cc1nnc(NCc2ccc3c(c2)CCCN3C)c(C#N)c1C. The van der Waals surface area contributed by atoms with Crippen molar-refractivity contribution in [2.45, 2.75) is 33.2 Å². The molecule has 0 aliphatic carbocycles. The van der Waals surface area contributed by atoms with Crippen molar-refractivity contribution in [2.24, 2.45) is 0 Å². The molecule has 2 heterocycles. The molecule has 0 unspecified atom stereocenters. The number of anilines is 2. The minimum absolute atomic E-state index is 0.561. The third-order valence-electron chi connectivity index (χ3n) is 4.52. The fourth-order valence-electron chi connectivity index (χ4n) is 3.00. The molecule has 0 fully saturated rings. The number of hydrogen-bond acceptors (Lipinski definition) is 5. The van der Waals surface area contributed by atoms with Crippen LogP contribution in [0.5, 0.6) is 0 Å². The van der Waals surface area contributed by atoms with Gasteiger partial charge < -0.3 is 10.2 Å². The van der Waals surface area contributed by atoms with Gasteiger partial charge in [0.2, 0.25) is 0 Å². The lowest BCUT2D eigenvalue weighted by Crippen LogP contribution is -2.24. The number of rotatable bonds is 3. The van der Waals surface area contributed by atoms with Gasteiger partial charge in [-0.1, -0.05) is 12.1 Å². The zero-order valence-electron chi connectivity index (χ0n) is 13.8. The lowest BCUT2D eigenvalue weighted by Gasteiger charge is -2.27. The van der Waals surface area contributed by atoms with E-state index in [9.17, 15) is 5.26 Å². The van der Waals surface area contributed by atoms with Crippen molar-refractivity contribution in [3.05, 3.63) is 46.1 Å². The Bertz CT molecular complexity index is 776. The maximum absolute atomic E-state index is 9.34. The highest BCUT2D eigenvalue weighted by atomic mass is 15.2. The summed E-state index contributed by atoms with van der Waals surface area (Å²) in [7, 11) is 2.14. The van der Waals surface area contributed by atoms with E-state index in [1.807, 2.05) is 13.8 Å². The molecule has 5 nitrogen and oxygen atoms in total. The normalized spacial score (nSPS) is 13.4. The van der Waals surface area contributed by atoms with Gasteiger partial charge in [-0.15, -0.1) is 5.10 Å². The van der Waals surface area contributed by atoms with E-state index in [-0.39, 0.29) is 0 Å². The largest absolute Gasteiger partial charge is 0.374 e. The second-order valence-corrected chi connectivity index (χ2v) is 6.09. The summed E-state index contributed by atoms with van der Waals surface area (Å²) < 4.78 is 0. The van der Waals surface area contributed by atoms with Crippen LogP contribution in [0.15, 0.2) is 18.2 Å². The van der Waals surface area contributed by atoms with Crippen LogP contribution in [0, 0.1) is 25.2 Å². The van der Waals surface area contributed by atoms with Gasteiger partial charge in [0.05, 0.1) is 5.69 Å². The van der Waals surface area contributed by atoms with E-state index in [2.05, 4.69) is 51.7 Å². The molecule has 0 spiro atoms. The topological polar surface area (TPSA) is 64.8 Å². The third kappa shape index (κ3) is 2.98. The van der Waals surface area contributed by atoms with Crippen LogP contribution in [0.25, 0.3) is 0 Å². The minimum Gasteiger partial charge on any atom is -0.374 e. The van der Waals surface area contributed by atoms with Gasteiger partial charge in [0.1, 0.15) is 11.6 Å². The minimum atomic E-state index is 0.561. The summed E-state index contributed by atoms with van der Waals surface area (Å²) in [5.74, 6) is 0.561. The quantitative estimate of drug-likeness (QED) is 0.944. The van der Waals surface area contributed by atoms with E-state index in [4.69, 9.17) is 0 Å². The smallest absolute Gasteiger partial charge is 0.167 e. The second kappa shape index (κ2) is 6.25. The molecule has 23 heavy (non-hydrogen) atoms. The highest BCUT2D eigenvalue weighted by molar-refractivity contribution is 5.58. The summed E-state index contributed by atoms with van der Waals surface area (Å²) in [6.45, 7) is 5.53. The summed E-state index contributed by atoms with van der Waals surface area (Å²) >= 11 is 0. The molecule has 0 saturated heterocycles. The van der Waals surface area contributed by atoms with E-state index in [1.165, 1.54) is 23.2 Å². The van der Waals surface area contributed by atoms with Gasteiger partial charge in [0.15, 0.2) is 5.82 Å². The van der Waals surface area contributed by atoms with Gasteiger partial charge in [0, 0.05) is 25.8 Å². The molecule has 118 valence electrons. The standard InChI is InChI=1S/C18H21N5/c1-12-13(2)21-22-18(16(12)10-19)20-11-14-6-7-17-15(9-14)5-4-8-23(17)3/h6-7,9H,4-5,8,11H2,1-3H3,(H,20,22). The Morgan fingerprint density at radius 3 is 2.91 bits per heavy atom. The maximum Gasteiger partial charge on any atom is 0.167 e. The number of benzene rings is 1. The Morgan fingerprint density at radius 2 is 2.13 bits per heavy atom. The Morgan fingerprint density at radius 1 is 1.30 bits per heavy atom. The average Bonchev–Trinajstić information content (AvgIpc) is 2.56. The average molecular weight is 307 g/mol. The molecule has 3 rings (SSSR count). The highest BCUT2D eigenvalue weighted by Crippen LogP contribution is 2.27. The first-order valence-electron chi connectivity index (χ1n) is 7.91. The molecule has 2 aromatic rings. The molecule has 1 aliphatic heterocycles. The number of nitrogens with one attached hydrogen (secondary N) is 1. The Kier molecular flexibility index (Phi) is 4.16. The number of aromatic nitrogens is 2. The summed E-state index contributed by atoms with van der Waals surface area (Å²) in [5.41, 5.74) is 6.17. The fraction of sp³-hybridized carbons (Fsp3) is 0.389. The fourth-order valence-corrected chi connectivity index (χ4v) is 3.00. The zero-order chi connectivity index (χ0) is 16.4. The molecule has 0 bridgehead atoms. The molecule has 1 N–H and O–H groups in total. The molecule has 1 aliphatic rings. The highest BCUT2D eigenvalue weighted by Gasteiger charge is 2.14. The molecule has 1 aromatic heterocycles. The number of fused-ring (bicyclic) bond motifs is 1. The predicted octanol–water partition coefficient (Wildman–Crippen LogP) is 2.96. The summed E-state index contributed by atoms with van der Waals surface area (Å²) in [5, 5.41) is 20.8. The van der Waals surface area contributed by atoms with Crippen LogP contribution in [-0.4, -0.2) is 23.8 Å². The summed E-state index contributed by atoms with van der Waals surface area (Å²) in [6, 6.07) is 8.79. The lowest BCUT2D eigenvalue weighted by atomic mass is 9.99. The van der Waals surface area contributed by atoms with Crippen LogP contribution in [0.4, 0.5) is 11.5 Å². The first-order valence-corrected chi connectivity index (χ1v) is 7.91. The molecular weight excluding hydrogens is 286 g/mol. The van der Waals surface area contributed by atoms with Crippen LogP contribution < -0.4 is 10.2 Å². The van der Waals surface area contributed by atoms with E-state index in [1.54, 1.807) is 0 Å². The van der Waals surface area contributed by atoms with E-state index in [0.29, 0.717) is 17.9 Å². The first-order chi connectivity index (χ1) is 11.1. The summed E-state index contributed by atoms with van der Waals surface area (Å²) in [4.78, 5) is 2.30. The van der Waals surface area contributed by atoms with Crippen LogP contribution in [0.3, 0.4) is 0 Å². The van der Waals surface area contributed by atoms with Crippen molar-refractivity contribution < 1.29 is 0 Å². The van der Waals surface area contributed by atoms with E-state index < -0.39 is 0 Å². The lowest BCUT2D eigenvalue weighted by molar-refractivity contribution is 0.743. The molecule has 0 saturated carbocycles. The van der Waals surface area contributed by atoms with Crippen molar-refractivity contribution >= 4 is 11.5 Å². The zero-order valence-corrected chi connectivity index (χ0v) is 13.8. The van der Waals surface area contributed by atoms with Crippen LogP contribution in [0.1, 0.15) is 34.4 Å². The van der Waals surface area contributed by atoms with Gasteiger partial charge >= 0.3 is 0 Å². The van der Waals surface area contributed by atoms with Crippen molar-refractivity contribution in [1.29, 1.82) is 5.26 Å². The van der Waals surface area contributed by atoms with Gasteiger partial charge in [-0.3, -0.25) is 0 Å². The molecule has 0 amide bonds. The predicted molar refractivity (Wildman–Crippen MR) is 91.6 cm³/mol. The van der Waals surface area contributed by atoms with Gasteiger partial charge in [0.25, 0.3) is 0 Å². The molecule has 1 aromatic carbocycles. The molecule has 0 radical (unpaired) electrons. The van der Waals surface area contributed by atoms with Gasteiger partial charge in [-0.2, -0.15) is 10.4 Å². The molecular formula is C18H21N5. The van der Waals surface area contributed by atoms with Gasteiger partial charge in [-0.05, 0) is 49.4 Å². The van der Waals surface area contributed by atoms with Gasteiger partial charge in [-0.25, -0.2) is 0 Å². The molecule has 0 atom stereocenters. The maximum atomic E-state index is 9.34. The van der Waals surface area contributed by atoms with Crippen molar-refractivity contribution in [3.8, 4) is 6.07 Å². The number of aryl methyl sites for hydroxylation is 2. The van der Waals surface area contributed by atoms with Crippen molar-refractivity contribution in [1.82, 2.24) is 10.2 Å². The Balaban J connectivity index is 1.80. The number of hydrogen-bond donors (Lipinski definition) is 1. The van der Waals surface area contributed by atoms with Crippen LogP contribution >= 0.6 is 0 Å². The summed E-state index contributed by atoms with van der Waals surface area (Å²) in [6.07, 6.45) is 2.32. The number of nitriles is 1. The second-order valence-electron chi connectivity index (χ2n) is 6.09. The van der Waals surface area contributed by atoms with Crippen LogP contribution in [0.2, 0.25) is 0 Å². The third-order valence-corrected chi connectivity index (χ3v) is 4.52. The Labute approximate surface area is 137 Å². The number of nitrogens with zero attached hydrogens (tertiary/aromatic N) is 4. The van der Waals surface area contributed by atoms with Crippen molar-refractivity contribution in [2.75, 3.05) is 23.8 Å².